The first-order chi connectivity index (χ1) is 15.9. The third-order valence-electron chi connectivity index (χ3n) is 5.76. The molecule has 4 rings (SSSR count). The Kier molecular flexibility index (Phi) is 6.05. The zero-order valence-electron chi connectivity index (χ0n) is 18.7. The SMILES string of the molecule is Cc1c(C#N)c(NC(=O)COC(=O)Cn2c(C)cc3ccccc32)n(Cc2ccco2)c1C. The molecular weight excluding hydrogens is 420 g/mol. The van der Waals surface area contributed by atoms with Gasteiger partial charge < -0.3 is 23.6 Å². The molecule has 8 nitrogen and oxygen atoms in total. The first kappa shape index (κ1) is 22.0. The monoisotopic (exact) mass is 444 g/mol. The van der Waals surface area contributed by atoms with Crippen LogP contribution < -0.4 is 5.32 Å². The molecule has 0 aliphatic carbocycles. The Labute approximate surface area is 191 Å². The van der Waals surface area contributed by atoms with Crippen molar-refractivity contribution in [2.45, 2.75) is 33.9 Å². The highest BCUT2D eigenvalue weighted by Gasteiger charge is 2.21. The number of esters is 1. The number of nitriles is 1. The fourth-order valence-electron chi connectivity index (χ4n) is 3.93. The maximum absolute atomic E-state index is 12.6. The summed E-state index contributed by atoms with van der Waals surface area (Å²) >= 11 is 0. The van der Waals surface area contributed by atoms with Crippen molar-refractivity contribution in [3.05, 3.63) is 77.0 Å². The molecular formula is C25H24N4O4. The molecule has 0 unspecified atom stereocenters. The van der Waals surface area contributed by atoms with Crippen molar-refractivity contribution in [1.82, 2.24) is 9.13 Å². The van der Waals surface area contributed by atoms with Gasteiger partial charge in [-0.1, -0.05) is 18.2 Å². The van der Waals surface area contributed by atoms with Gasteiger partial charge in [-0.15, -0.1) is 0 Å². The highest BCUT2D eigenvalue weighted by molar-refractivity contribution is 5.94. The molecule has 0 aliphatic heterocycles. The highest BCUT2D eigenvalue weighted by atomic mass is 16.5. The van der Waals surface area contributed by atoms with Crippen molar-refractivity contribution >= 4 is 28.6 Å². The van der Waals surface area contributed by atoms with E-state index in [0.717, 1.165) is 27.9 Å². The second-order valence-electron chi connectivity index (χ2n) is 7.85. The van der Waals surface area contributed by atoms with Gasteiger partial charge in [0.15, 0.2) is 6.61 Å². The Morgan fingerprint density at radius 3 is 2.64 bits per heavy atom. The quantitative estimate of drug-likeness (QED) is 0.433. The summed E-state index contributed by atoms with van der Waals surface area (Å²) in [6.07, 6.45) is 1.57. The van der Waals surface area contributed by atoms with Gasteiger partial charge in [-0.25, -0.2) is 0 Å². The number of aryl methyl sites for hydroxylation is 1. The standard InChI is InChI=1S/C25H24N4O4/c1-16-11-19-7-4-5-9-22(19)28(16)14-24(31)33-15-23(30)27-25-21(12-26)17(2)18(3)29(25)13-20-8-6-10-32-20/h4-11H,13-15H2,1-3H3,(H,27,30). The van der Waals surface area contributed by atoms with Gasteiger partial charge in [-0.3, -0.25) is 9.59 Å². The van der Waals surface area contributed by atoms with E-state index < -0.39 is 18.5 Å². The molecule has 0 spiro atoms. The van der Waals surface area contributed by atoms with Crippen molar-refractivity contribution in [2.75, 3.05) is 11.9 Å². The Morgan fingerprint density at radius 1 is 1.12 bits per heavy atom. The number of ether oxygens (including phenoxy) is 1. The number of fused-ring (bicyclic) bond motifs is 1. The second-order valence-corrected chi connectivity index (χ2v) is 7.85. The first-order valence-electron chi connectivity index (χ1n) is 10.5. The van der Waals surface area contributed by atoms with Crippen LogP contribution in [-0.2, 0) is 27.4 Å². The number of aromatic nitrogens is 2. The summed E-state index contributed by atoms with van der Waals surface area (Å²) in [5, 5.41) is 13.4. The number of para-hydroxylation sites is 1. The van der Waals surface area contributed by atoms with Crippen LogP contribution in [0.25, 0.3) is 10.9 Å². The summed E-state index contributed by atoms with van der Waals surface area (Å²) < 4.78 is 14.3. The van der Waals surface area contributed by atoms with E-state index in [1.54, 1.807) is 12.3 Å². The summed E-state index contributed by atoms with van der Waals surface area (Å²) in [4.78, 5) is 25.0. The Morgan fingerprint density at radius 2 is 1.91 bits per heavy atom. The summed E-state index contributed by atoms with van der Waals surface area (Å²) in [7, 11) is 0. The van der Waals surface area contributed by atoms with Gasteiger partial charge in [-0.2, -0.15) is 5.26 Å². The minimum Gasteiger partial charge on any atom is -0.467 e. The molecule has 33 heavy (non-hydrogen) atoms. The number of furan rings is 1. The van der Waals surface area contributed by atoms with Crippen molar-refractivity contribution in [1.29, 1.82) is 5.26 Å². The number of hydrogen-bond acceptors (Lipinski definition) is 5. The van der Waals surface area contributed by atoms with Gasteiger partial charge in [0, 0.05) is 16.9 Å². The fourth-order valence-corrected chi connectivity index (χ4v) is 3.93. The molecule has 0 aliphatic rings. The molecule has 0 saturated heterocycles. The molecule has 0 fully saturated rings. The first-order valence-corrected chi connectivity index (χ1v) is 10.5. The van der Waals surface area contributed by atoms with Crippen LogP contribution in [0.2, 0.25) is 0 Å². The molecule has 3 aromatic heterocycles. The second kappa shape index (κ2) is 9.09. The Bertz CT molecular complexity index is 1370. The number of amides is 1. The summed E-state index contributed by atoms with van der Waals surface area (Å²) in [5.74, 6) is 0.00611. The van der Waals surface area contributed by atoms with Gasteiger partial charge in [0.2, 0.25) is 0 Å². The zero-order valence-corrected chi connectivity index (χ0v) is 18.7. The van der Waals surface area contributed by atoms with E-state index in [1.807, 2.05) is 66.3 Å². The van der Waals surface area contributed by atoms with Crippen LogP contribution in [0, 0.1) is 32.1 Å². The minimum absolute atomic E-state index is 0.00313. The van der Waals surface area contributed by atoms with E-state index in [-0.39, 0.29) is 6.54 Å². The van der Waals surface area contributed by atoms with Gasteiger partial charge in [0.1, 0.15) is 24.2 Å². The third-order valence-corrected chi connectivity index (χ3v) is 5.76. The summed E-state index contributed by atoms with van der Waals surface area (Å²) in [5.41, 5.74) is 3.83. The van der Waals surface area contributed by atoms with E-state index >= 15 is 0 Å². The van der Waals surface area contributed by atoms with Crippen LogP contribution in [0.1, 0.15) is 28.3 Å². The molecule has 4 aromatic rings. The van der Waals surface area contributed by atoms with Crippen molar-refractivity contribution in [3.8, 4) is 6.07 Å². The minimum atomic E-state index is -0.521. The van der Waals surface area contributed by atoms with E-state index in [4.69, 9.17) is 9.15 Å². The maximum Gasteiger partial charge on any atom is 0.326 e. The molecule has 0 atom stereocenters. The number of carbonyl (C=O) groups excluding carboxylic acids is 2. The topological polar surface area (TPSA) is 102 Å². The molecule has 3 heterocycles. The van der Waals surface area contributed by atoms with E-state index in [1.165, 1.54) is 0 Å². The maximum atomic E-state index is 12.6. The molecule has 1 N–H and O–H groups in total. The lowest BCUT2D eigenvalue weighted by Crippen LogP contribution is -2.24. The fraction of sp³-hybridized carbons (Fsp3) is 0.240. The van der Waals surface area contributed by atoms with Crippen LogP contribution in [0.4, 0.5) is 5.82 Å². The van der Waals surface area contributed by atoms with Crippen LogP contribution in [0.15, 0.2) is 53.1 Å². The average Bonchev–Trinajstić information content (AvgIpc) is 3.48. The van der Waals surface area contributed by atoms with Crippen molar-refractivity contribution in [2.24, 2.45) is 0 Å². The van der Waals surface area contributed by atoms with Crippen LogP contribution in [-0.4, -0.2) is 27.6 Å². The number of anilines is 1. The number of nitrogens with zero attached hydrogens (tertiary/aromatic N) is 3. The molecule has 0 bridgehead atoms. The van der Waals surface area contributed by atoms with Gasteiger partial charge in [-0.05, 0) is 56.0 Å². The van der Waals surface area contributed by atoms with E-state index in [9.17, 15) is 14.9 Å². The lowest BCUT2D eigenvalue weighted by Gasteiger charge is -2.12. The smallest absolute Gasteiger partial charge is 0.326 e. The number of benzene rings is 1. The average molecular weight is 444 g/mol. The lowest BCUT2D eigenvalue weighted by atomic mass is 10.2. The van der Waals surface area contributed by atoms with Crippen LogP contribution >= 0.6 is 0 Å². The number of carbonyl (C=O) groups is 2. The number of nitrogens with one attached hydrogen (secondary N) is 1. The molecule has 8 heteroatoms. The third kappa shape index (κ3) is 4.39. The Hall–Kier alpha value is -4.25. The summed E-state index contributed by atoms with van der Waals surface area (Å²) in [6.45, 7) is 5.53. The molecule has 0 radical (unpaired) electrons. The van der Waals surface area contributed by atoms with Gasteiger partial charge in [0.05, 0.1) is 18.4 Å². The zero-order chi connectivity index (χ0) is 23.5. The van der Waals surface area contributed by atoms with Crippen LogP contribution in [0.3, 0.4) is 0 Å². The molecule has 1 amide bonds. The molecule has 168 valence electrons. The predicted octanol–water partition coefficient (Wildman–Crippen LogP) is 4.06. The lowest BCUT2D eigenvalue weighted by molar-refractivity contribution is -0.147. The van der Waals surface area contributed by atoms with E-state index in [0.29, 0.717) is 23.7 Å². The van der Waals surface area contributed by atoms with Crippen molar-refractivity contribution < 1.29 is 18.7 Å². The molecule has 1 aromatic carbocycles. The summed E-state index contributed by atoms with van der Waals surface area (Å²) in [6, 6.07) is 15.5. The van der Waals surface area contributed by atoms with Crippen LogP contribution in [0.5, 0.6) is 0 Å². The van der Waals surface area contributed by atoms with Gasteiger partial charge in [0.25, 0.3) is 5.91 Å². The van der Waals surface area contributed by atoms with E-state index in [2.05, 4.69) is 11.4 Å². The molecule has 0 saturated carbocycles. The predicted molar refractivity (Wildman–Crippen MR) is 123 cm³/mol. The van der Waals surface area contributed by atoms with Gasteiger partial charge >= 0.3 is 5.97 Å². The normalized spacial score (nSPS) is 10.8. The Balaban J connectivity index is 1.44. The van der Waals surface area contributed by atoms with Crippen molar-refractivity contribution in [3.63, 3.8) is 0 Å². The largest absolute Gasteiger partial charge is 0.467 e. The number of rotatable bonds is 7. The highest BCUT2D eigenvalue weighted by Crippen LogP contribution is 2.27. The number of hydrogen-bond donors (Lipinski definition) is 1.